The van der Waals surface area contributed by atoms with E-state index in [1.807, 2.05) is 0 Å². The highest BCUT2D eigenvalue weighted by Gasteiger charge is 2.09. The third-order valence-corrected chi connectivity index (χ3v) is 2.14. The Kier molecular flexibility index (Phi) is 3.80. The maximum Gasteiger partial charge on any atom is 0.338 e. The summed E-state index contributed by atoms with van der Waals surface area (Å²) in [5.74, 6) is -0.304. The van der Waals surface area contributed by atoms with E-state index in [4.69, 9.17) is 4.74 Å². The zero-order valence-corrected chi connectivity index (χ0v) is 9.71. The van der Waals surface area contributed by atoms with Crippen LogP contribution < -0.4 is 4.74 Å². The Morgan fingerprint density at radius 2 is 2.20 bits per heavy atom. The maximum atomic E-state index is 11.2. The number of benzene rings is 1. The average Bonchev–Trinajstić information content (AvgIpc) is 2.20. The van der Waals surface area contributed by atoms with Gasteiger partial charge in [-0.15, -0.1) is 0 Å². The normalized spacial score (nSPS) is 9.47. The van der Waals surface area contributed by atoms with Crippen LogP contribution in [0.5, 0.6) is 5.75 Å². The summed E-state index contributed by atoms with van der Waals surface area (Å²) in [6.45, 7) is 5.00. The third kappa shape index (κ3) is 3.02. The molecule has 15 heavy (non-hydrogen) atoms. The van der Waals surface area contributed by atoms with Gasteiger partial charge in [0.2, 0.25) is 0 Å². The minimum atomic E-state index is -0.541. The standard InChI is InChI=1S/C11H9BrO3/c1-7(2)11(14)15-10-4-3-9(12)5-8(10)6-13/h3-6H,1H2,2H3. The molecule has 1 aromatic carbocycles. The molecule has 4 heteroatoms. The van der Waals surface area contributed by atoms with E-state index in [9.17, 15) is 9.59 Å². The van der Waals surface area contributed by atoms with Gasteiger partial charge in [0, 0.05) is 10.0 Å². The van der Waals surface area contributed by atoms with Gasteiger partial charge in [0.05, 0.1) is 5.56 Å². The largest absolute Gasteiger partial charge is 0.422 e. The van der Waals surface area contributed by atoms with Gasteiger partial charge in [-0.05, 0) is 25.1 Å². The van der Waals surface area contributed by atoms with Gasteiger partial charge in [-0.1, -0.05) is 22.5 Å². The average molecular weight is 269 g/mol. The molecule has 0 heterocycles. The SMILES string of the molecule is C=C(C)C(=O)Oc1ccc(Br)cc1C=O. The summed E-state index contributed by atoms with van der Waals surface area (Å²) < 4.78 is 5.71. The molecule has 0 N–H and O–H groups in total. The highest BCUT2D eigenvalue weighted by Crippen LogP contribution is 2.22. The fourth-order valence-electron chi connectivity index (χ4n) is 0.891. The van der Waals surface area contributed by atoms with E-state index in [1.54, 1.807) is 25.1 Å². The number of aldehydes is 1. The lowest BCUT2D eigenvalue weighted by molar-refractivity contribution is -0.130. The van der Waals surface area contributed by atoms with Crippen molar-refractivity contribution in [2.45, 2.75) is 6.92 Å². The van der Waals surface area contributed by atoms with Gasteiger partial charge >= 0.3 is 5.97 Å². The zero-order chi connectivity index (χ0) is 11.4. The van der Waals surface area contributed by atoms with Crippen molar-refractivity contribution in [3.63, 3.8) is 0 Å². The van der Waals surface area contributed by atoms with Gasteiger partial charge in [0.25, 0.3) is 0 Å². The van der Waals surface area contributed by atoms with Crippen LogP contribution in [0.25, 0.3) is 0 Å². The number of carbonyl (C=O) groups is 2. The molecule has 0 saturated carbocycles. The minimum Gasteiger partial charge on any atom is -0.422 e. The summed E-state index contributed by atoms with van der Waals surface area (Å²) in [5, 5.41) is 0. The van der Waals surface area contributed by atoms with Crippen molar-refractivity contribution in [2.24, 2.45) is 0 Å². The van der Waals surface area contributed by atoms with Gasteiger partial charge in [0.1, 0.15) is 5.75 Å². The van der Waals surface area contributed by atoms with Crippen LogP contribution in [0.2, 0.25) is 0 Å². The van der Waals surface area contributed by atoms with Crippen LogP contribution >= 0.6 is 15.9 Å². The quantitative estimate of drug-likeness (QED) is 0.367. The van der Waals surface area contributed by atoms with Crippen molar-refractivity contribution in [3.05, 3.63) is 40.4 Å². The molecular formula is C11H9BrO3. The van der Waals surface area contributed by atoms with Crippen LogP contribution in [0.3, 0.4) is 0 Å². The molecule has 0 radical (unpaired) electrons. The number of halogens is 1. The van der Waals surface area contributed by atoms with Crippen molar-refractivity contribution < 1.29 is 14.3 Å². The first-order valence-corrected chi connectivity index (χ1v) is 4.96. The van der Waals surface area contributed by atoms with E-state index in [1.165, 1.54) is 0 Å². The van der Waals surface area contributed by atoms with Crippen LogP contribution in [0.4, 0.5) is 0 Å². The number of carbonyl (C=O) groups excluding carboxylic acids is 2. The van der Waals surface area contributed by atoms with Gasteiger partial charge in [0.15, 0.2) is 6.29 Å². The van der Waals surface area contributed by atoms with E-state index < -0.39 is 5.97 Å². The van der Waals surface area contributed by atoms with Gasteiger partial charge in [-0.2, -0.15) is 0 Å². The second kappa shape index (κ2) is 4.89. The zero-order valence-electron chi connectivity index (χ0n) is 8.12. The smallest absolute Gasteiger partial charge is 0.338 e. The lowest BCUT2D eigenvalue weighted by Crippen LogP contribution is -2.09. The number of hydrogen-bond acceptors (Lipinski definition) is 3. The van der Waals surface area contributed by atoms with E-state index in [-0.39, 0.29) is 11.3 Å². The highest BCUT2D eigenvalue weighted by molar-refractivity contribution is 9.10. The molecule has 0 aliphatic rings. The van der Waals surface area contributed by atoms with Gasteiger partial charge < -0.3 is 4.74 Å². The van der Waals surface area contributed by atoms with Crippen LogP contribution in [-0.2, 0) is 4.79 Å². The van der Waals surface area contributed by atoms with E-state index in [2.05, 4.69) is 22.5 Å². The first-order valence-electron chi connectivity index (χ1n) is 4.17. The molecule has 0 aliphatic heterocycles. The summed E-state index contributed by atoms with van der Waals surface area (Å²) in [4.78, 5) is 21.9. The summed E-state index contributed by atoms with van der Waals surface area (Å²) in [6.07, 6.45) is 0.631. The highest BCUT2D eigenvalue weighted by atomic mass is 79.9. The van der Waals surface area contributed by atoms with Crippen molar-refractivity contribution in [1.29, 1.82) is 0 Å². The Hall–Kier alpha value is -1.42. The molecule has 0 fully saturated rings. The van der Waals surface area contributed by atoms with E-state index in [0.29, 0.717) is 11.8 Å². The van der Waals surface area contributed by atoms with Gasteiger partial charge in [-0.3, -0.25) is 4.79 Å². The van der Waals surface area contributed by atoms with Crippen molar-refractivity contribution in [1.82, 2.24) is 0 Å². The number of hydrogen-bond donors (Lipinski definition) is 0. The molecule has 0 amide bonds. The molecule has 0 aliphatic carbocycles. The second-order valence-corrected chi connectivity index (χ2v) is 3.89. The van der Waals surface area contributed by atoms with Crippen LogP contribution in [0.1, 0.15) is 17.3 Å². The molecule has 0 spiro atoms. The summed E-state index contributed by atoms with van der Waals surface area (Å²) in [6, 6.07) is 4.82. The topological polar surface area (TPSA) is 43.4 Å². The number of ether oxygens (including phenoxy) is 1. The fourth-order valence-corrected chi connectivity index (χ4v) is 1.27. The molecule has 1 rings (SSSR count). The molecule has 0 bridgehead atoms. The predicted molar refractivity (Wildman–Crippen MR) is 60.0 cm³/mol. The Morgan fingerprint density at radius 1 is 1.53 bits per heavy atom. The molecule has 0 aromatic heterocycles. The molecule has 3 nitrogen and oxygen atoms in total. The molecule has 0 unspecified atom stereocenters. The fraction of sp³-hybridized carbons (Fsp3) is 0.0909. The monoisotopic (exact) mass is 268 g/mol. The lowest BCUT2D eigenvalue weighted by atomic mass is 10.2. The Bertz CT molecular complexity index is 424. The first-order chi connectivity index (χ1) is 7.04. The van der Waals surface area contributed by atoms with E-state index >= 15 is 0 Å². The lowest BCUT2D eigenvalue weighted by Gasteiger charge is -2.06. The van der Waals surface area contributed by atoms with Gasteiger partial charge in [-0.25, -0.2) is 4.79 Å². The van der Waals surface area contributed by atoms with Crippen molar-refractivity contribution in [2.75, 3.05) is 0 Å². The summed E-state index contributed by atoms with van der Waals surface area (Å²) in [5.41, 5.74) is 0.605. The van der Waals surface area contributed by atoms with Crippen LogP contribution in [0.15, 0.2) is 34.8 Å². The summed E-state index contributed by atoms with van der Waals surface area (Å²) in [7, 11) is 0. The van der Waals surface area contributed by atoms with Crippen LogP contribution in [0, 0.1) is 0 Å². The second-order valence-electron chi connectivity index (χ2n) is 2.97. The number of rotatable bonds is 3. The Labute approximate surface area is 95.9 Å². The molecule has 78 valence electrons. The summed E-state index contributed by atoms with van der Waals surface area (Å²) >= 11 is 3.22. The molecule has 0 saturated heterocycles. The maximum absolute atomic E-state index is 11.2. The van der Waals surface area contributed by atoms with Crippen molar-refractivity contribution in [3.8, 4) is 5.75 Å². The van der Waals surface area contributed by atoms with Crippen molar-refractivity contribution >= 4 is 28.2 Å². The van der Waals surface area contributed by atoms with Crippen LogP contribution in [-0.4, -0.2) is 12.3 Å². The first kappa shape index (κ1) is 11.7. The minimum absolute atomic E-state index is 0.237. The molecule has 1 aromatic rings. The Morgan fingerprint density at radius 3 is 2.73 bits per heavy atom. The van der Waals surface area contributed by atoms with E-state index in [0.717, 1.165) is 4.47 Å². The third-order valence-electron chi connectivity index (χ3n) is 1.65. The molecule has 0 atom stereocenters. The Balaban J connectivity index is 2.99. The predicted octanol–water partition coefficient (Wildman–Crippen LogP) is 2.74. The molecular weight excluding hydrogens is 260 g/mol. The number of esters is 1.